The second-order valence-corrected chi connectivity index (χ2v) is 25.2. The number of hydrogen-bond acceptors (Lipinski definition) is 15. The van der Waals surface area contributed by atoms with Crippen molar-refractivity contribution in [3.05, 3.63) is 84.0 Å². The topological polar surface area (TPSA) is 182 Å². The normalized spacial score (nSPS) is 27.9. The Balaban J connectivity index is 0.988. The first-order valence-corrected chi connectivity index (χ1v) is 29.7. The molecule has 0 radical (unpaired) electrons. The van der Waals surface area contributed by atoms with Crippen LogP contribution in [0, 0.1) is 17.3 Å². The summed E-state index contributed by atoms with van der Waals surface area (Å²) in [5.74, 6) is -1.10. The number of ether oxygens (including phenoxy) is 4. The number of carbonyl (C=O) groups excluding carboxylic acids is 3. The van der Waals surface area contributed by atoms with Crippen molar-refractivity contribution in [2.75, 3.05) is 77.6 Å². The number of esters is 1. The number of methoxy groups -OCH3 is 1. The van der Waals surface area contributed by atoms with Gasteiger partial charge in [-0.2, -0.15) is 0 Å². The Labute approximate surface area is 470 Å². The van der Waals surface area contributed by atoms with E-state index in [2.05, 4.69) is 101 Å². The molecule has 4 saturated heterocycles. The van der Waals surface area contributed by atoms with E-state index in [9.17, 15) is 9.59 Å². The molecular formula is C62H82N10O8. The SMILES string of the molecule is CO[C@@H](C)c1ncc(N2CCN(C3CC3)CC2)cc1-c1c2c3cc(ccc3n1CCO[C@@H]1CCOC(C)(C)C1)-c1coc(n1)[C@@H](N1CCCC1)[C@H](NC(=O)[C@@H]1[C@@H](C)[C@H]1c1ccccn1)C(=O)N1CCC[C@H](N1)C(=O)OCC(C)(C)C2. The predicted molar refractivity (Wildman–Crippen MR) is 303 cm³/mol. The van der Waals surface area contributed by atoms with Gasteiger partial charge < -0.3 is 38.1 Å². The van der Waals surface area contributed by atoms with Gasteiger partial charge in [0.15, 0.2) is 0 Å². The lowest BCUT2D eigenvalue weighted by molar-refractivity contribution is -0.156. The first-order chi connectivity index (χ1) is 38.6. The van der Waals surface area contributed by atoms with E-state index in [0.29, 0.717) is 76.3 Å². The first kappa shape index (κ1) is 54.8. The molecule has 7 aliphatic rings. The Morgan fingerprint density at radius 1 is 0.938 bits per heavy atom. The summed E-state index contributed by atoms with van der Waals surface area (Å²) in [4.78, 5) is 67.0. The molecule has 2 N–H and O–H groups in total. The van der Waals surface area contributed by atoms with E-state index in [4.69, 9.17) is 33.3 Å². The van der Waals surface area contributed by atoms with Crippen LogP contribution in [0.3, 0.4) is 0 Å². The Morgan fingerprint density at radius 2 is 1.75 bits per heavy atom. The fourth-order valence-corrected chi connectivity index (χ4v) is 13.7. The van der Waals surface area contributed by atoms with E-state index >= 15 is 4.79 Å². The maximum atomic E-state index is 15.3. The number of cyclic esters (lactones) is 1. The number of anilines is 1. The number of fused-ring (bicyclic) bond motifs is 6. The van der Waals surface area contributed by atoms with Gasteiger partial charge in [0, 0.05) is 117 Å². The Morgan fingerprint density at radius 3 is 2.50 bits per heavy atom. The Kier molecular flexibility index (Phi) is 15.4. The van der Waals surface area contributed by atoms with E-state index < -0.39 is 29.5 Å². The molecule has 4 aromatic heterocycles. The standard InChI is InChI=1S/C62H82N10O8/c1-38-51(47-13-8-9-20-63-47)52(38)57(73)66-54-56(70-21-10-11-22-70)58-65-49(36-78-58)40-15-18-50-44(31-40)46(34-61(3,4)37-79-60(75)48-14-12-23-72(67-48)59(54)74)55(71(50)28-30-77-43-19-29-80-62(5,6)33-43)45-32-42(35-64-53(45)39(2)76-7)69-26-24-68(25-27-69)41-16-17-41/h8-9,13,15,18,20,31-32,35-36,38-39,41,43,48,51-52,54,56,67H,10-12,14,16-17,19,21-30,33-34,37H2,1-7H3,(H,66,73)/t38-,39-,43+,48-,51-,52+,54-,56-/m0/s1. The van der Waals surface area contributed by atoms with E-state index in [0.717, 1.165) is 102 Å². The van der Waals surface area contributed by atoms with E-state index in [1.807, 2.05) is 24.4 Å². The lowest BCUT2D eigenvalue weighted by Crippen LogP contribution is -2.62. The molecular weight excluding hydrogens is 1010 g/mol. The number of piperazine rings is 1. The van der Waals surface area contributed by atoms with Gasteiger partial charge in [-0.1, -0.05) is 32.9 Å². The molecule has 12 rings (SSSR count). The van der Waals surface area contributed by atoms with Crippen LogP contribution >= 0.6 is 0 Å². The summed E-state index contributed by atoms with van der Waals surface area (Å²) in [6, 6.07) is 12.7. The first-order valence-electron chi connectivity index (χ1n) is 29.7. The van der Waals surface area contributed by atoms with Crippen LogP contribution in [0.5, 0.6) is 0 Å². The molecule has 9 heterocycles. The number of benzene rings is 1. The molecule has 2 aliphatic carbocycles. The summed E-state index contributed by atoms with van der Waals surface area (Å²) in [6.45, 7) is 20.1. The third kappa shape index (κ3) is 11.3. The van der Waals surface area contributed by atoms with Gasteiger partial charge in [-0.15, -0.1) is 0 Å². The molecule has 2 saturated carbocycles. The summed E-state index contributed by atoms with van der Waals surface area (Å²) >= 11 is 0. The zero-order chi connectivity index (χ0) is 55.5. The average molecular weight is 1100 g/mol. The molecule has 5 aromatic rings. The van der Waals surface area contributed by atoms with Gasteiger partial charge >= 0.3 is 5.97 Å². The van der Waals surface area contributed by atoms with Gasteiger partial charge in [-0.3, -0.25) is 39.2 Å². The second kappa shape index (κ2) is 22.5. The highest BCUT2D eigenvalue weighted by molar-refractivity contribution is 5.96. The van der Waals surface area contributed by atoms with Crippen molar-refractivity contribution in [1.29, 1.82) is 0 Å². The van der Waals surface area contributed by atoms with Crippen molar-refractivity contribution < 1.29 is 37.7 Å². The van der Waals surface area contributed by atoms with Gasteiger partial charge in [0.1, 0.15) is 30.1 Å². The van der Waals surface area contributed by atoms with Crippen molar-refractivity contribution in [2.45, 2.75) is 154 Å². The Bertz CT molecular complexity index is 3050. The summed E-state index contributed by atoms with van der Waals surface area (Å²) < 4.78 is 34.5. The van der Waals surface area contributed by atoms with Crippen molar-refractivity contribution in [3.63, 3.8) is 0 Å². The summed E-state index contributed by atoms with van der Waals surface area (Å²) in [5.41, 5.74) is 10.8. The van der Waals surface area contributed by atoms with Crippen molar-refractivity contribution in [1.82, 2.24) is 45.1 Å². The lowest BCUT2D eigenvalue weighted by Gasteiger charge is -2.38. The maximum Gasteiger partial charge on any atom is 0.324 e. The van der Waals surface area contributed by atoms with Crippen LogP contribution in [-0.2, 0) is 46.3 Å². The van der Waals surface area contributed by atoms with Gasteiger partial charge in [-0.25, -0.2) is 10.4 Å². The van der Waals surface area contributed by atoms with Crippen LogP contribution in [0.4, 0.5) is 5.69 Å². The molecule has 18 nitrogen and oxygen atoms in total. The third-order valence-corrected chi connectivity index (χ3v) is 18.3. The van der Waals surface area contributed by atoms with Gasteiger partial charge in [0.25, 0.3) is 5.91 Å². The minimum Gasteiger partial charge on any atom is -0.464 e. The molecule has 5 aliphatic heterocycles. The number of likely N-dealkylation sites (tertiary alicyclic amines) is 1. The fraction of sp³-hybridized carbons (Fsp3) is 0.613. The highest BCUT2D eigenvalue weighted by Gasteiger charge is 2.55. The smallest absolute Gasteiger partial charge is 0.324 e. The van der Waals surface area contributed by atoms with Crippen LogP contribution in [0.25, 0.3) is 33.4 Å². The van der Waals surface area contributed by atoms with Gasteiger partial charge in [0.05, 0.1) is 54.3 Å². The molecule has 6 bridgehead atoms. The lowest BCUT2D eigenvalue weighted by atomic mass is 9.84. The van der Waals surface area contributed by atoms with Crippen LogP contribution in [-0.4, -0.2) is 155 Å². The summed E-state index contributed by atoms with van der Waals surface area (Å²) in [5, 5.41) is 5.82. The molecule has 0 spiro atoms. The van der Waals surface area contributed by atoms with E-state index in [-0.39, 0.29) is 54.0 Å². The summed E-state index contributed by atoms with van der Waals surface area (Å²) in [7, 11) is 1.74. The Hall–Kier alpha value is -5.76. The number of nitrogens with zero attached hydrogens (tertiary/aromatic N) is 8. The highest BCUT2D eigenvalue weighted by Crippen LogP contribution is 2.53. The predicted octanol–water partition coefficient (Wildman–Crippen LogP) is 8.01. The second-order valence-electron chi connectivity index (χ2n) is 25.2. The number of hydrogen-bond donors (Lipinski definition) is 2. The van der Waals surface area contributed by atoms with Crippen LogP contribution in [0.15, 0.2) is 65.5 Å². The third-order valence-electron chi connectivity index (χ3n) is 18.3. The van der Waals surface area contributed by atoms with Crippen LogP contribution in [0.2, 0.25) is 0 Å². The minimum atomic E-state index is -1.10. The number of oxazole rings is 1. The number of carbonyl (C=O) groups is 3. The minimum absolute atomic E-state index is 0.0272. The average Bonchev–Trinajstić information content (AvgIpc) is 4.31. The number of amides is 2. The van der Waals surface area contributed by atoms with Gasteiger partial charge in [-0.05, 0) is 127 Å². The molecule has 80 heavy (non-hydrogen) atoms. The van der Waals surface area contributed by atoms with Crippen LogP contribution < -0.4 is 15.6 Å². The zero-order valence-electron chi connectivity index (χ0n) is 48.0. The van der Waals surface area contributed by atoms with Crippen molar-refractivity contribution >= 4 is 34.4 Å². The van der Waals surface area contributed by atoms with Crippen molar-refractivity contribution in [2.24, 2.45) is 17.3 Å². The molecule has 6 fully saturated rings. The fourth-order valence-electron chi connectivity index (χ4n) is 13.7. The van der Waals surface area contributed by atoms with Crippen LogP contribution in [0.1, 0.15) is 134 Å². The number of aromatic nitrogens is 4. The number of pyridine rings is 2. The molecule has 18 heteroatoms. The molecule has 428 valence electrons. The summed E-state index contributed by atoms with van der Waals surface area (Å²) in [6.07, 6.45) is 12.8. The highest BCUT2D eigenvalue weighted by atomic mass is 16.5. The van der Waals surface area contributed by atoms with E-state index in [1.54, 1.807) is 19.6 Å². The van der Waals surface area contributed by atoms with Crippen molar-refractivity contribution in [3.8, 4) is 22.5 Å². The quantitative estimate of drug-likeness (QED) is 0.108. The van der Waals surface area contributed by atoms with E-state index in [1.165, 1.54) is 17.9 Å². The monoisotopic (exact) mass is 1090 g/mol. The maximum absolute atomic E-state index is 15.3. The largest absolute Gasteiger partial charge is 0.464 e. The zero-order valence-corrected chi connectivity index (χ0v) is 48.0. The molecule has 0 unspecified atom stereocenters. The number of hydrazine groups is 1. The molecule has 1 aromatic carbocycles. The number of nitrogens with one attached hydrogen (secondary N) is 2. The number of rotatable bonds is 13. The molecule has 2 amide bonds. The van der Waals surface area contributed by atoms with Gasteiger partial charge in [0.2, 0.25) is 11.8 Å². The molecule has 8 atom stereocenters.